The molecule has 1 saturated heterocycles. The number of nitrogens with one attached hydrogen (secondary N) is 1. The van der Waals surface area contributed by atoms with Crippen molar-refractivity contribution in [2.45, 2.75) is 44.9 Å². The number of benzene rings is 1. The number of rotatable bonds is 12. The van der Waals surface area contributed by atoms with Crippen molar-refractivity contribution in [2.75, 3.05) is 24.7 Å². The summed E-state index contributed by atoms with van der Waals surface area (Å²) in [5, 5.41) is 1.91. The minimum Gasteiger partial charge on any atom is -0.490 e. The van der Waals surface area contributed by atoms with Gasteiger partial charge in [-0.2, -0.15) is 0 Å². The Morgan fingerprint density at radius 1 is 1.19 bits per heavy atom. The molecule has 170 valence electrons. The molecule has 0 unspecified atom stereocenters. The van der Waals surface area contributed by atoms with E-state index in [1.807, 2.05) is 5.32 Å². The van der Waals surface area contributed by atoms with Crippen LogP contribution < -0.4 is 10.1 Å². The summed E-state index contributed by atoms with van der Waals surface area (Å²) in [4.78, 5) is 34.9. The normalized spacial score (nSPS) is 17.7. The second-order valence-electron chi connectivity index (χ2n) is 8.24. The maximum absolute atomic E-state index is 14.0. The molecule has 1 saturated carbocycles. The minimum atomic E-state index is -3.35. The van der Waals surface area contributed by atoms with Crippen molar-refractivity contribution in [3.63, 3.8) is 0 Å². The Kier molecular flexibility index (Phi) is 7.30. The van der Waals surface area contributed by atoms with Crippen molar-refractivity contribution < 1.29 is 31.9 Å². The second-order valence-corrected chi connectivity index (χ2v) is 10.5. The van der Waals surface area contributed by atoms with Crippen LogP contribution in [0.1, 0.15) is 50.5 Å². The first-order valence-electron chi connectivity index (χ1n) is 10.5. The predicted octanol–water partition coefficient (Wildman–Crippen LogP) is 2.38. The molecule has 3 rings (SSSR count). The van der Waals surface area contributed by atoms with Crippen molar-refractivity contribution in [3.8, 4) is 5.75 Å². The summed E-state index contributed by atoms with van der Waals surface area (Å²) in [6.07, 6.45) is 3.47. The van der Waals surface area contributed by atoms with Gasteiger partial charge in [-0.05, 0) is 55.2 Å². The Balaban J connectivity index is 1.43. The number of ether oxygens (including phenoxy) is 1. The zero-order valence-corrected chi connectivity index (χ0v) is 18.3. The summed E-state index contributed by atoms with van der Waals surface area (Å²) in [7, 11) is -3.35. The van der Waals surface area contributed by atoms with Gasteiger partial charge in [-0.25, -0.2) is 17.6 Å². The number of hydrogen-bond donors (Lipinski definition) is 1. The van der Waals surface area contributed by atoms with Crippen LogP contribution in [-0.2, 0) is 19.4 Å². The van der Waals surface area contributed by atoms with E-state index in [0.717, 1.165) is 17.7 Å². The second kappa shape index (κ2) is 9.76. The van der Waals surface area contributed by atoms with E-state index in [0.29, 0.717) is 37.4 Å². The van der Waals surface area contributed by atoms with Crippen molar-refractivity contribution in [1.82, 2.24) is 10.2 Å². The van der Waals surface area contributed by atoms with E-state index in [1.165, 1.54) is 6.07 Å². The number of carbonyl (C=O) groups excluding carboxylic acids is 3. The minimum absolute atomic E-state index is 0.0252. The Morgan fingerprint density at radius 3 is 2.58 bits per heavy atom. The molecule has 0 bridgehead atoms. The van der Waals surface area contributed by atoms with Gasteiger partial charge in [0.2, 0.25) is 0 Å². The van der Waals surface area contributed by atoms with Crippen LogP contribution in [0.5, 0.6) is 5.75 Å². The Hall–Kier alpha value is -2.49. The molecule has 0 radical (unpaired) electrons. The van der Waals surface area contributed by atoms with Crippen LogP contribution in [0.25, 0.3) is 0 Å². The number of carbonyl (C=O) groups is 3. The highest BCUT2D eigenvalue weighted by Crippen LogP contribution is 2.31. The van der Waals surface area contributed by atoms with Crippen LogP contribution >= 0.6 is 0 Å². The lowest BCUT2D eigenvalue weighted by molar-refractivity contribution is -0.140. The zero-order chi connectivity index (χ0) is 22.6. The fourth-order valence-corrected chi connectivity index (χ4v) is 5.16. The highest BCUT2D eigenvalue weighted by molar-refractivity contribution is 7.91. The maximum Gasteiger partial charge on any atom is 0.331 e. The Bertz CT molecular complexity index is 961. The van der Waals surface area contributed by atoms with Gasteiger partial charge in [-0.1, -0.05) is 19.4 Å². The third-order valence-corrected chi connectivity index (χ3v) is 7.36. The molecule has 8 nitrogen and oxygen atoms in total. The first-order chi connectivity index (χ1) is 14.7. The number of nitrogens with zero attached hydrogens (tertiary/aromatic N) is 1. The summed E-state index contributed by atoms with van der Waals surface area (Å²) in [6, 6.07) is 3.73. The molecule has 4 amide bonds. The van der Waals surface area contributed by atoms with Gasteiger partial charge in [0, 0.05) is 6.54 Å². The molecule has 1 atom stereocenters. The third kappa shape index (κ3) is 6.49. The quantitative estimate of drug-likeness (QED) is 0.295. The van der Waals surface area contributed by atoms with E-state index in [9.17, 15) is 27.2 Å². The summed E-state index contributed by atoms with van der Waals surface area (Å²) < 4.78 is 44.4. The average Bonchev–Trinajstić information content (AvgIpc) is 3.49. The molecule has 2 fully saturated rings. The summed E-state index contributed by atoms with van der Waals surface area (Å²) in [5.41, 5.74) is 0.707. The molecule has 2 aliphatic rings. The number of amides is 4. The van der Waals surface area contributed by atoms with E-state index in [-0.39, 0.29) is 29.7 Å². The molecular formula is C21H27FN2O6S. The Morgan fingerprint density at radius 2 is 1.94 bits per heavy atom. The number of imide groups is 2. The molecule has 0 spiro atoms. The molecule has 1 aromatic rings. The van der Waals surface area contributed by atoms with E-state index < -0.39 is 33.5 Å². The lowest BCUT2D eigenvalue weighted by Gasteiger charge is -2.15. The van der Waals surface area contributed by atoms with Gasteiger partial charge in [-0.15, -0.1) is 0 Å². The molecule has 31 heavy (non-hydrogen) atoms. The van der Waals surface area contributed by atoms with Crippen LogP contribution in [-0.4, -0.2) is 55.8 Å². The van der Waals surface area contributed by atoms with Gasteiger partial charge in [-0.3, -0.25) is 19.8 Å². The zero-order valence-electron chi connectivity index (χ0n) is 17.4. The summed E-state index contributed by atoms with van der Waals surface area (Å²) >= 11 is 0. The summed E-state index contributed by atoms with van der Waals surface area (Å²) in [5.74, 6) is -2.04. The van der Waals surface area contributed by atoms with E-state index in [1.54, 1.807) is 19.1 Å². The summed E-state index contributed by atoms with van der Waals surface area (Å²) in [6.45, 7) is 2.34. The van der Waals surface area contributed by atoms with Crippen molar-refractivity contribution in [1.29, 1.82) is 0 Å². The molecule has 0 aromatic heterocycles. The van der Waals surface area contributed by atoms with Crippen LogP contribution in [0.3, 0.4) is 0 Å². The van der Waals surface area contributed by atoms with Gasteiger partial charge in [0.25, 0.3) is 0 Å². The van der Waals surface area contributed by atoms with Crippen LogP contribution in [0.4, 0.5) is 9.18 Å². The fourth-order valence-electron chi connectivity index (χ4n) is 3.39. The number of hydrogen-bond acceptors (Lipinski definition) is 6. The first-order valence-corrected chi connectivity index (χ1v) is 12.3. The van der Waals surface area contributed by atoms with Gasteiger partial charge in [0.1, 0.15) is 0 Å². The van der Waals surface area contributed by atoms with Crippen LogP contribution in [0.2, 0.25) is 0 Å². The number of halogens is 1. The van der Waals surface area contributed by atoms with Crippen molar-refractivity contribution in [2.24, 2.45) is 5.92 Å². The molecular weight excluding hydrogens is 427 g/mol. The third-order valence-electron chi connectivity index (χ3n) is 5.44. The highest BCUT2D eigenvalue weighted by atomic mass is 32.2. The first kappa shape index (κ1) is 23.2. The van der Waals surface area contributed by atoms with E-state index in [2.05, 4.69) is 0 Å². The number of sulfone groups is 1. The highest BCUT2D eigenvalue weighted by Gasteiger charge is 2.36. The number of urea groups is 1. The largest absolute Gasteiger partial charge is 0.490 e. The standard InChI is InChI=1S/C21H27FN2O6S/c1-14(16-7-8-17(22)18(11-16)30-12-15-5-6-15)13-31(28,29)10-4-2-3-9-24-20(26)19(25)23-21(24)27/h7-8,11,14-15H,2-6,9-10,12-13H2,1H3,(H,23,25,27)/t14-/m0/s1. The molecule has 1 heterocycles. The number of unbranched alkanes of at least 4 members (excludes halogenated alkanes) is 2. The smallest absolute Gasteiger partial charge is 0.331 e. The average molecular weight is 455 g/mol. The molecule has 1 aromatic carbocycles. The van der Waals surface area contributed by atoms with Gasteiger partial charge in [0.05, 0.1) is 18.1 Å². The predicted molar refractivity (Wildman–Crippen MR) is 111 cm³/mol. The maximum atomic E-state index is 14.0. The molecule has 1 aliphatic heterocycles. The topological polar surface area (TPSA) is 110 Å². The SMILES string of the molecule is C[C@@H](CS(=O)(=O)CCCCCN1C(=O)NC(=O)C1=O)c1ccc(F)c(OCC2CC2)c1. The van der Waals surface area contributed by atoms with E-state index >= 15 is 0 Å². The fraction of sp³-hybridized carbons (Fsp3) is 0.571. The monoisotopic (exact) mass is 454 g/mol. The van der Waals surface area contributed by atoms with E-state index in [4.69, 9.17) is 4.74 Å². The molecule has 1 aliphatic carbocycles. The van der Waals surface area contributed by atoms with Gasteiger partial charge < -0.3 is 4.74 Å². The molecule has 10 heteroatoms. The van der Waals surface area contributed by atoms with Crippen LogP contribution in [0.15, 0.2) is 18.2 Å². The van der Waals surface area contributed by atoms with Gasteiger partial charge >= 0.3 is 17.8 Å². The van der Waals surface area contributed by atoms with Crippen molar-refractivity contribution in [3.05, 3.63) is 29.6 Å². The lowest BCUT2D eigenvalue weighted by atomic mass is 10.0. The lowest BCUT2D eigenvalue weighted by Crippen LogP contribution is -2.32. The molecule has 1 N–H and O–H groups in total. The van der Waals surface area contributed by atoms with Gasteiger partial charge in [0.15, 0.2) is 21.4 Å². The Labute approximate surface area is 181 Å². The van der Waals surface area contributed by atoms with Crippen LogP contribution in [0, 0.1) is 11.7 Å². The van der Waals surface area contributed by atoms with Crippen molar-refractivity contribution >= 4 is 27.7 Å².